The lowest BCUT2D eigenvalue weighted by Crippen LogP contribution is -2.32. The molecule has 3 nitrogen and oxygen atoms in total. The number of carbonyl (C=O) groups excluding carboxylic acids is 1. The summed E-state index contributed by atoms with van der Waals surface area (Å²) in [4.78, 5) is 8.89. The predicted molar refractivity (Wildman–Crippen MR) is 80.1 cm³/mol. The number of hydrogen-bond acceptors (Lipinski definition) is 2. The Morgan fingerprint density at radius 1 is 1.05 bits per heavy atom. The third-order valence-corrected chi connectivity index (χ3v) is 3.14. The van der Waals surface area contributed by atoms with Crippen molar-refractivity contribution in [2.75, 3.05) is 0 Å². The van der Waals surface area contributed by atoms with E-state index in [1.165, 1.54) is 50.6 Å². The van der Waals surface area contributed by atoms with Gasteiger partial charge in [-0.2, -0.15) is 0 Å². The number of nitrogens with zero attached hydrogens (tertiary/aromatic N) is 1. The van der Waals surface area contributed by atoms with E-state index in [2.05, 4.69) is 42.9 Å². The van der Waals surface area contributed by atoms with Crippen LogP contribution >= 0.6 is 0 Å². The first-order valence-corrected chi connectivity index (χ1v) is 7.75. The highest BCUT2D eigenvalue weighted by Crippen LogP contribution is 2.04. The van der Waals surface area contributed by atoms with Crippen molar-refractivity contribution < 1.29 is 14.5 Å². The third kappa shape index (κ3) is 11.7. The van der Waals surface area contributed by atoms with Gasteiger partial charge in [-0.25, -0.2) is 4.57 Å². The van der Waals surface area contributed by atoms with Crippen molar-refractivity contribution in [1.82, 2.24) is 0 Å². The van der Waals surface area contributed by atoms with Gasteiger partial charge in [-0.3, -0.25) is 0 Å². The second-order valence-electron chi connectivity index (χ2n) is 5.06. The quantitative estimate of drug-likeness (QED) is 0.542. The summed E-state index contributed by atoms with van der Waals surface area (Å²) in [5.74, 6) is -1.08. The van der Waals surface area contributed by atoms with Crippen molar-refractivity contribution in [2.24, 2.45) is 0 Å². The highest BCUT2D eigenvalue weighted by Gasteiger charge is 1.99. The zero-order valence-electron chi connectivity index (χ0n) is 13.2. The number of rotatable bonds is 8. The third-order valence-electron chi connectivity index (χ3n) is 3.14. The second-order valence-corrected chi connectivity index (χ2v) is 5.06. The maximum Gasteiger partial charge on any atom is 0.169 e. The number of unbranched alkanes of at least 4 members (excludes halogenated alkanes) is 5. The summed E-state index contributed by atoms with van der Waals surface area (Å²) >= 11 is 0. The molecule has 0 amide bonds. The summed E-state index contributed by atoms with van der Waals surface area (Å²) in [6.45, 7) is 6.62. The number of aliphatic carboxylic acids is 1. The van der Waals surface area contributed by atoms with Crippen LogP contribution in [0.2, 0.25) is 0 Å². The molecule has 0 fully saturated rings. The molecule has 0 radical (unpaired) electrons. The van der Waals surface area contributed by atoms with Crippen LogP contribution in [0.1, 0.15) is 64.9 Å². The molecule has 0 bridgehead atoms. The fourth-order valence-corrected chi connectivity index (χ4v) is 1.95. The molecule has 3 heteroatoms. The van der Waals surface area contributed by atoms with E-state index in [1.807, 2.05) is 0 Å². The van der Waals surface area contributed by atoms with Crippen LogP contribution in [0.3, 0.4) is 0 Å². The molecular weight excluding hydrogens is 250 g/mol. The predicted octanol–water partition coefficient (Wildman–Crippen LogP) is 2.65. The van der Waals surface area contributed by atoms with Crippen LogP contribution in [-0.2, 0) is 17.8 Å². The van der Waals surface area contributed by atoms with Crippen LogP contribution in [-0.4, -0.2) is 5.97 Å². The molecule has 0 aliphatic carbocycles. The number of carboxylic acid groups (broad SMARTS) is 1. The molecule has 0 N–H and O–H groups in total. The maximum atomic E-state index is 8.89. The number of carboxylic acids is 1. The number of aromatic nitrogens is 1. The van der Waals surface area contributed by atoms with Gasteiger partial charge in [0.05, 0.1) is 0 Å². The van der Waals surface area contributed by atoms with Crippen LogP contribution in [0, 0.1) is 0 Å². The molecule has 0 aliphatic heterocycles. The van der Waals surface area contributed by atoms with Gasteiger partial charge in [0.25, 0.3) is 0 Å². The minimum Gasteiger partial charge on any atom is -0.550 e. The monoisotopic (exact) mass is 279 g/mol. The smallest absolute Gasteiger partial charge is 0.169 e. The topological polar surface area (TPSA) is 44.0 Å². The van der Waals surface area contributed by atoms with Crippen molar-refractivity contribution >= 4 is 5.97 Å². The van der Waals surface area contributed by atoms with Gasteiger partial charge in [-0.15, -0.1) is 0 Å². The molecule has 0 saturated heterocycles. The van der Waals surface area contributed by atoms with Gasteiger partial charge in [0.15, 0.2) is 12.4 Å². The van der Waals surface area contributed by atoms with Crippen LogP contribution in [0.25, 0.3) is 0 Å². The van der Waals surface area contributed by atoms with E-state index < -0.39 is 5.97 Å². The molecule has 114 valence electrons. The fourth-order valence-electron chi connectivity index (χ4n) is 1.95. The Morgan fingerprint density at radius 3 is 2.05 bits per heavy atom. The van der Waals surface area contributed by atoms with Crippen molar-refractivity contribution in [3.63, 3.8) is 0 Å². The minimum atomic E-state index is -1.08. The van der Waals surface area contributed by atoms with Crippen LogP contribution < -0.4 is 9.67 Å². The van der Waals surface area contributed by atoms with E-state index in [1.54, 1.807) is 0 Å². The molecule has 1 aromatic heterocycles. The average molecular weight is 279 g/mol. The van der Waals surface area contributed by atoms with E-state index in [4.69, 9.17) is 9.90 Å². The first-order valence-electron chi connectivity index (χ1n) is 7.75. The number of pyridine rings is 1. The normalized spacial score (nSPS) is 9.75. The van der Waals surface area contributed by atoms with Gasteiger partial charge < -0.3 is 9.90 Å². The molecular formula is C17H29NO2. The summed E-state index contributed by atoms with van der Waals surface area (Å²) in [5, 5.41) is 8.89. The minimum absolute atomic E-state index is 0.972. The lowest BCUT2D eigenvalue weighted by Gasteiger charge is -1.99. The Morgan fingerprint density at radius 2 is 1.55 bits per heavy atom. The van der Waals surface area contributed by atoms with Gasteiger partial charge in [-0.05, 0) is 25.3 Å². The van der Waals surface area contributed by atoms with Crippen LogP contribution in [0.5, 0.6) is 0 Å². The van der Waals surface area contributed by atoms with Gasteiger partial charge >= 0.3 is 0 Å². The lowest BCUT2D eigenvalue weighted by atomic mass is 10.1. The van der Waals surface area contributed by atoms with Gasteiger partial charge in [0.1, 0.15) is 6.54 Å². The van der Waals surface area contributed by atoms with Gasteiger partial charge in [0.2, 0.25) is 0 Å². The first kappa shape index (κ1) is 18.6. The van der Waals surface area contributed by atoms with E-state index in [9.17, 15) is 0 Å². The summed E-state index contributed by atoms with van der Waals surface area (Å²) in [5.41, 5.74) is 1.43. The van der Waals surface area contributed by atoms with Crippen molar-refractivity contribution in [3.05, 3.63) is 30.1 Å². The van der Waals surface area contributed by atoms with Crippen molar-refractivity contribution in [2.45, 2.75) is 72.3 Å². The Bertz CT molecular complexity index is 343. The first-order chi connectivity index (χ1) is 9.60. The molecule has 0 atom stereocenters. The van der Waals surface area contributed by atoms with E-state index in [0.29, 0.717) is 0 Å². The number of aryl methyl sites for hydroxylation is 2. The molecule has 0 aromatic carbocycles. The van der Waals surface area contributed by atoms with E-state index in [0.717, 1.165) is 13.3 Å². The fraction of sp³-hybridized carbons (Fsp3) is 0.647. The van der Waals surface area contributed by atoms with Gasteiger partial charge in [-0.1, -0.05) is 39.5 Å². The van der Waals surface area contributed by atoms with Crippen LogP contribution in [0.4, 0.5) is 0 Å². The summed E-state index contributed by atoms with van der Waals surface area (Å²) in [6.07, 6.45) is 13.8. The van der Waals surface area contributed by atoms with Crippen LogP contribution in [0.15, 0.2) is 24.5 Å². The number of hydrogen-bond donors (Lipinski definition) is 0. The highest BCUT2D eigenvalue weighted by molar-refractivity contribution is 5.60. The summed E-state index contributed by atoms with van der Waals surface area (Å²) in [6, 6.07) is 4.47. The Hall–Kier alpha value is -1.38. The zero-order chi connectivity index (χ0) is 15.2. The van der Waals surface area contributed by atoms with Crippen molar-refractivity contribution in [1.29, 1.82) is 0 Å². The molecule has 1 rings (SSSR count). The van der Waals surface area contributed by atoms with Gasteiger partial charge in [0, 0.05) is 24.5 Å². The summed E-state index contributed by atoms with van der Waals surface area (Å²) in [7, 11) is 0. The molecule has 0 unspecified atom stereocenters. The van der Waals surface area contributed by atoms with Crippen molar-refractivity contribution in [3.8, 4) is 0 Å². The highest BCUT2D eigenvalue weighted by atomic mass is 16.4. The Labute approximate surface area is 123 Å². The zero-order valence-corrected chi connectivity index (χ0v) is 13.2. The molecule has 1 aromatic rings. The molecule has 20 heavy (non-hydrogen) atoms. The van der Waals surface area contributed by atoms with E-state index in [-0.39, 0.29) is 0 Å². The average Bonchev–Trinajstić information content (AvgIpc) is 2.43. The second kappa shape index (κ2) is 12.6. The molecule has 1 heterocycles. The molecule has 0 aliphatic rings. The Kier molecular flexibility index (Phi) is 11.8. The molecule has 0 spiro atoms. The SMILES string of the molecule is CC(=O)[O-].CCCCCCCC[n+]1ccc(CC)cc1. The maximum absolute atomic E-state index is 8.89. The summed E-state index contributed by atoms with van der Waals surface area (Å²) < 4.78 is 2.30. The van der Waals surface area contributed by atoms with E-state index >= 15 is 0 Å². The lowest BCUT2D eigenvalue weighted by molar-refractivity contribution is -0.697. The number of carbonyl (C=O) groups is 1. The molecule has 0 saturated carbocycles. The standard InChI is InChI=1S/C15H26N.C2H4O2/c1-3-5-6-7-8-9-12-16-13-10-15(4-2)11-14-16;1-2(3)4/h10-11,13-14H,3-9,12H2,1-2H3;1H3,(H,3,4)/q+1;/p-1. The largest absolute Gasteiger partial charge is 0.550 e. The Balaban J connectivity index is 0.000000796.